The van der Waals surface area contributed by atoms with Gasteiger partial charge in [-0.2, -0.15) is 0 Å². The Morgan fingerprint density at radius 1 is 1.25 bits per heavy atom. The number of benzene rings is 1. The minimum absolute atomic E-state index is 0.441. The van der Waals surface area contributed by atoms with Crippen molar-refractivity contribution in [1.82, 2.24) is 10.3 Å². The van der Waals surface area contributed by atoms with E-state index in [-0.39, 0.29) is 0 Å². The van der Waals surface area contributed by atoms with E-state index in [1.165, 1.54) is 35.6 Å². The highest BCUT2D eigenvalue weighted by Gasteiger charge is 2.32. The van der Waals surface area contributed by atoms with Gasteiger partial charge >= 0.3 is 0 Å². The Balaban J connectivity index is 2.05. The Hall–Kier alpha value is -1.41. The molecular formula is C18H24N2. The summed E-state index contributed by atoms with van der Waals surface area (Å²) in [5, 5.41) is 6.33. The summed E-state index contributed by atoms with van der Waals surface area (Å²) in [6.45, 7) is 5.61. The van der Waals surface area contributed by atoms with Crippen LogP contribution >= 0.6 is 0 Å². The smallest absolute Gasteiger partial charge is 0.0372 e. The molecule has 20 heavy (non-hydrogen) atoms. The van der Waals surface area contributed by atoms with Crippen LogP contribution in [0.2, 0.25) is 0 Å². The van der Waals surface area contributed by atoms with Crippen molar-refractivity contribution in [2.75, 3.05) is 6.54 Å². The van der Waals surface area contributed by atoms with Gasteiger partial charge in [0.25, 0.3) is 0 Å². The highest BCUT2D eigenvalue weighted by Crippen LogP contribution is 2.41. The van der Waals surface area contributed by atoms with Gasteiger partial charge in [-0.25, -0.2) is 0 Å². The van der Waals surface area contributed by atoms with Gasteiger partial charge in [0.2, 0.25) is 0 Å². The van der Waals surface area contributed by atoms with Gasteiger partial charge in [-0.1, -0.05) is 51.0 Å². The molecule has 2 aromatic rings. The molecule has 1 N–H and O–H groups in total. The van der Waals surface area contributed by atoms with Crippen LogP contribution < -0.4 is 5.32 Å². The fourth-order valence-electron chi connectivity index (χ4n) is 3.77. The van der Waals surface area contributed by atoms with E-state index in [2.05, 4.69) is 54.6 Å². The molecule has 3 unspecified atom stereocenters. The van der Waals surface area contributed by atoms with Crippen molar-refractivity contribution in [2.24, 2.45) is 11.8 Å². The van der Waals surface area contributed by atoms with Crippen molar-refractivity contribution in [3.8, 4) is 0 Å². The summed E-state index contributed by atoms with van der Waals surface area (Å²) in [7, 11) is 0. The molecule has 3 atom stereocenters. The van der Waals surface area contributed by atoms with E-state index < -0.39 is 0 Å². The third kappa shape index (κ3) is 2.45. The molecule has 0 aliphatic heterocycles. The monoisotopic (exact) mass is 268 g/mol. The van der Waals surface area contributed by atoms with E-state index in [4.69, 9.17) is 0 Å². The maximum absolute atomic E-state index is 4.47. The van der Waals surface area contributed by atoms with Crippen LogP contribution in [0, 0.1) is 11.8 Å². The lowest BCUT2D eigenvalue weighted by molar-refractivity contribution is 0.307. The first-order valence-electron chi connectivity index (χ1n) is 7.87. The number of nitrogens with zero attached hydrogens (tertiary/aromatic N) is 1. The van der Waals surface area contributed by atoms with Crippen LogP contribution in [-0.4, -0.2) is 11.5 Å². The van der Waals surface area contributed by atoms with Crippen LogP contribution in [0.25, 0.3) is 10.8 Å². The van der Waals surface area contributed by atoms with Gasteiger partial charge in [-0.3, -0.25) is 4.98 Å². The first-order valence-corrected chi connectivity index (χ1v) is 7.87. The number of fused-ring (bicyclic) bond motifs is 1. The number of nitrogens with one attached hydrogen (secondary N) is 1. The van der Waals surface area contributed by atoms with E-state index in [9.17, 15) is 0 Å². The molecule has 2 heteroatoms. The lowest BCUT2D eigenvalue weighted by atomic mass is 9.85. The molecule has 1 saturated carbocycles. The minimum Gasteiger partial charge on any atom is -0.310 e. The first-order chi connectivity index (χ1) is 9.81. The zero-order valence-corrected chi connectivity index (χ0v) is 12.5. The maximum atomic E-state index is 4.47. The molecule has 1 aromatic heterocycles. The van der Waals surface area contributed by atoms with E-state index in [0.29, 0.717) is 6.04 Å². The Morgan fingerprint density at radius 2 is 2.10 bits per heavy atom. The third-order valence-corrected chi connectivity index (χ3v) is 4.81. The normalized spacial score (nSPS) is 24.1. The van der Waals surface area contributed by atoms with Gasteiger partial charge < -0.3 is 5.32 Å². The molecule has 1 heterocycles. The van der Waals surface area contributed by atoms with Crippen molar-refractivity contribution in [3.05, 3.63) is 42.2 Å². The van der Waals surface area contributed by atoms with Gasteiger partial charge in [0.15, 0.2) is 0 Å². The number of rotatable bonds is 4. The number of aromatic nitrogens is 1. The highest BCUT2D eigenvalue weighted by atomic mass is 14.9. The fourth-order valence-corrected chi connectivity index (χ4v) is 3.77. The van der Waals surface area contributed by atoms with Gasteiger partial charge in [0.1, 0.15) is 0 Å². The molecule has 1 fully saturated rings. The van der Waals surface area contributed by atoms with Crippen LogP contribution in [0.15, 0.2) is 36.7 Å². The fraction of sp³-hybridized carbons (Fsp3) is 0.500. The van der Waals surface area contributed by atoms with Crippen molar-refractivity contribution in [3.63, 3.8) is 0 Å². The summed E-state index contributed by atoms with van der Waals surface area (Å²) in [6, 6.07) is 9.06. The molecule has 1 aliphatic carbocycles. The number of hydrogen-bond donors (Lipinski definition) is 1. The predicted octanol–water partition coefficient (Wildman–Crippen LogP) is 4.32. The second-order valence-corrected chi connectivity index (χ2v) is 6.06. The quantitative estimate of drug-likeness (QED) is 0.893. The lowest BCUT2D eigenvalue weighted by Crippen LogP contribution is -2.30. The Bertz CT molecular complexity index is 573. The van der Waals surface area contributed by atoms with Crippen molar-refractivity contribution >= 4 is 10.8 Å². The summed E-state index contributed by atoms with van der Waals surface area (Å²) >= 11 is 0. The average Bonchev–Trinajstić information content (AvgIpc) is 2.90. The van der Waals surface area contributed by atoms with Crippen molar-refractivity contribution in [2.45, 2.75) is 39.2 Å². The Kier molecular flexibility index (Phi) is 4.02. The third-order valence-electron chi connectivity index (χ3n) is 4.81. The van der Waals surface area contributed by atoms with Crippen molar-refractivity contribution in [1.29, 1.82) is 0 Å². The zero-order chi connectivity index (χ0) is 13.9. The van der Waals surface area contributed by atoms with E-state index in [1.807, 2.05) is 6.20 Å². The summed E-state index contributed by atoms with van der Waals surface area (Å²) < 4.78 is 0. The topological polar surface area (TPSA) is 24.9 Å². The van der Waals surface area contributed by atoms with Gasteiger partial charge in [0, 0.05) is 23.8 Å². The molecule has 106 valence electrons. The van der Waals surface area contributed by atoms with Crippen molar-refractivity contribution < 1.29 is 0 Å². The average molecular weight is 268 g/mol. The molecule has 0 amide bonds. The number of pyridine rings is 1. The van der Waals surface area contributed by atoms with Crippen LogP contribution in [0.4, 0.5) is 0 Å². The summed E-state index contributed by atoms with van der Waals surface area (Å²) in [5.41, 5.74) is 1.38. The van der Waals surface area contributed by atoms with Gasteiger partial charge in [0.05, 0.1) is 0 Å². The lowest BCUT2D eigenvalue weighted by Gasteiger charge is -2.29. The van der Waals surface area contributed by atoms with Gasteiger partial charge in [-0.05, 0) is 35.8 Å². The molecular weight excluding hydrogens is 244 g/mol. The molecule has 3 rings (SSSR count). The molecule has 1 aromatic carbocycles. The highest BCUT2D eigenvalue weighted by molar-refractivity contribution is 5.85. The molecule has 0 bridgehead atoms. The molecule has 2 nitrogen and oxygen atoms in total. The zero-order valence-electron chi connectivity index (χ0n) is 12.5. The van der Waals surface area contributed by atoms with Gasteiger partial charge in [-0.15, -0.1) is 0 Å². The second kappa shape index (κ2) is 5.92. The summed E-state index contributed by atoms with van der Waals surface area (Å²) in [5.74, 6) is 1.54. The van der Waals surface area contributed by atoms with E-state index >= 15 is 0 Å². The van der Waals surface area contributed by atoms with Crippen LogP contribution in [-0.2, 0) is 0 Å². The molecule has 1 aliphatic rings. The Morgan fingerprint density at radius 3 is 2.85 bits per heavy atom. The SMILES string of the molecule is CCNC(c1cncc2ccccc12)C1CCCC1C. The van der Waals surface area contributed by atoms with Crippen LogP contribution in [0.1, 0.15) is 44.7 Å². The van der Waals surface area contributed by atoms with Crippen LogP contribution in [0.3, 0.4) is 0 Å². The first kappa shape index (κ1) is 13.6. The molecule has 0 spiro atoms. The van der Waals surface area contributed by atoms with Crippen LogP contribution in [0.5, 0.6) is 0 Å². The predicted molar refractivity (Wildman–Crippen MR) is 84.7 cm³/mol. The summed E-state index contributed by atoms with van der Waals surface area (Å²) in [6.07, 6.45) is 8.11. The van der Waals surface area contributed by atoms with E-state index in [1.54, 1.807) is 0 Å². The number of hydrogen-bond acceptors (Lipinski definition) is 2. The maximum Gasteiger partial charge on any atom is 0.0372 e. The standard InChI is InChI=1S/C18H24N2/c1-3-20-18(15-10-6-7-13(15)2)17-12-19-11-14-8-4-5-9-16(14)17/h4-5,8-9,11-13,15,18,20H,3,6-7,10H2,1-2H3. The largest absolute Gasteiger partial charge is 0.310 e. The summed E-state index contributed by atoms with van der Waals surface area (Å²) in [4.78, 5) is 4.47. The minimum atomic E-state index is 0.441. The molecule has 0 radical (unpaired) electrons. The molecule has 0 saturated heterocycles. The second-order valence-electron chi connectivity index (χ2n) is 6.06. The van der Waals surface area contributed by atoms with E-state index in [0.717, 1.165) is 18.4 Å². The Labute approximate surface area is 121 Å².